The summed E-state index contributed by atoms with van der Waals surface area (Å²) < 4.78 is 9.76. The molecule has 0 unspecified atom stereocenters. The number of allylic oxidation sites excluding steroid dienone is 1. The lowest BCUT2D eigenvalue weighted by Crippen LogP contribution is -2.42. The van der Waals surface area contributed by atoms with Crippen molar-refractivity contribution in [1.29, 1.82) is 0 Å². The lowest BCUT2D eigenvalue weighted by Gasteiger charge is -2.27. The van der Waals surface area contributed by atoms with Crippen LogP contribution in [0.25, 0.3) is 0 Å². The van der Waals surface area contributed by atoms with E-state index in [2.05, 4.69) is 6.58 Å². The third-order valence-electron chi connectivity index (χ3n) is 2.59. The van der Waals surface area contributed by atoms with Crippen LogP contribution in [0.2, 0.25) is 0 Å². The number of carboxylic acids is 1. The molecule has 0 aliphatic carbocycles. The van der Waals surface area contributed by atoms with Gasteiger partial charge >= 0.3 is 17.9 Å². The van der Waals surface area contributed by atoms with Crippen molar-refractivity contribution < 1.29 is 29.0 Å². The normalized spacial score (nSPS) is 10.1. The van der Waals surface area contributed by atoms with Gasteiger partial charge < -0.3 is 14.6 Å². The summed E-state index contributed by atoms with van der Waals surface area (Å²) in [6, 6.07) is 0. The third kappa shape index (κ3) is 5.61. The molecular weight excluding hydrogens is 288 g/mol. The molecule has 7 heteroatoms. The van der Waals surface area contributed by atoms with Gasteiger partial charge in [0, 0.05) is 6.42 Å². The molecule has 0 bridgehead atoms. The molecule has 0 aliphatic heterocycles. The first-order chi connectivity index (χ1) is 8.94. The molecule has 20 heavy (non-hydrogen) atoms. The Morgan fingerprint density at radius 2 is 1.60 bits per heavy atom. The molecule has 0 heterocycles. The number of ether oxygens (including phenoxy) is 2. The van der Waals surface area contributed by atoms with E-state index in [0.29, 0.717) is 0 Å². The molecule has 0 aliphatic rings. The van der Waals surface area contributed by atoms with Crippen LogP contribution < -0.4 is 0 Å². The quantitative estimate of drug-likeness (QED) is 0.398. The third-order valence-corrected chi connectivity index (χ3v) is 2.59. The van der Waals surface area contributed by atoms with E-state index in [-0.39, 0.29) is 44.9 Å². The number of carbonyl (C=O) groups excluding carboxylic acids is 2. The largest absolute Gasteiger partial charge is 0.481 e. The Bertz CT molecular complexity index is 335. The second-order valence-electron chi connectivity index (χ2n) is 3.91. The summed E-state index contributed by atoms with van der Waals surface area (Å²) in [7, 11) is 0. The molecular formula is C13H21ClO6. The summed E-state index contributed by atoms with van der Waals surface area (Å²) in [5.74, 6) is -2.63. The first kappa shape index (κ1) is 20.8. The van der Waals surface area contributed by atoms with E-state index in [1.807, 2.05) is 0 Å². The molecule has 0 rings (SSSR count). The van der Waals surface area contributed by atoms with Crippen LogP contribution in [0.4, 0.5) is 0 Å². The first-order valence-electron chi connectivity index (χ1n) is 6.11. The predicted molar refractivity (Wildman–Crippen MR) is 74.6 cm³/mol. The Labute approximate surface area is 124 Å². The van der Waals surface area contributed by atoms with Crippen LogP contribution >= 0.6 is 12.4 Å². The standard InChI is InChI=1S/C13H20O6.ClH/c1-4-8-13(9-7-10(14)15,11(16)18-5-2)12(17)19-6-3;/h4H,1,5-9H2,2-3H3,(H,14,15);1H. The van der Waals surface area contributed by atoms with Gasteiger partial charge in [-0.15, -0.1) is 19.0 Å². The fourth-order valence-corrected chi connectivity index (χ4v) is 1.66. The molecule has 0 aromatic rings. The monoisotopic (exact) mass is 308 g/mol. The van der Waals surface area contributed by atoms with Gasteiger partial charge in [0.15, 0.2) is 5.41 Å². The molecule has 116 valence electrons. The minimum Gasteiger partial charge on any atom is -0.481 e. The average Bonchev–Trinajstić information content (AvgIpc) is 2.34. The molecule has 0 fully saturated rings. The lowest BCUT2D eigenvalue weighted by molar-refractivity contribution is -0.172. The van der Waals surface area contributed by atoms with Crippen molar-refractivity contribution in [3.05, 3.63) is 12.7 Å². The van der Waals surface area contributed by atoms with E-state index in [1.165, 1.54) is 6.08 Å². The highest BCUT2D eigenvalue weighted by Crippen LogP contribution is 2.32. The zero-order valence-corrected chi connectivity index (χ0v) is 12.5. The van der Waals surface area contributed by atoms with Gasteiger partial charge in [0.25, 0.3) is 0 Å². The molecule has 0 amide bonds. The number of rotatable bonds is 9. The zero-order chi connectivity index (χ0) is 14.9. The minimum absolute atomic E-state index is 0. The van der Waals surface area contributed by atoms with Gasteiger partial charge in [-0.2, -0.15) is 0 Å². The van der Waals surface area contributed by atoms with E-state index in [9.17, 15) is 14.4 Å². The summed E-state index contributed by atoms with van der Waals surface area (Å²) in [5.41, 5.74) is -1.62. The fraction of sp³-hybridized carbons (Fsp3) is 0.615. The van der Waals surface area contributed by atoms with E-state index in [4.69, 9.17) is 14.6 Å². The zero-order valence-electron chi connectivity index (χ0n) is 11.7. The summed E-state index contributed by atoms with van der Waals surface area (Å²) in [4.78, 5) is 34.7. The predicted octanol–water partition coefficient (Wildman–Crippen LogP) is 1.96. The number of carboxylic acid groups (broad SMARTS) is 1. The Kier molecular flexibility index (Phi) is 10.6. The van der Waals surface area contributed by atoms with Crippen LogP contribution in [-0.4, -0.2) is 36.2 Å². The van der Waals surface area contributed by atoms with Crippen molar-refractivity contribution in [2.45, 2.75) is 33.1 Å². The minimum atomic E-state index is -1.62. The van der Waals surface area contributed by atoms with Gasteiger partial charge in [-0.1, -0.05) is 6.08 Å². The van der Waals surface area contributed by atoms with E-state index in [1.54, 1.807) is 13.8 Å². The van der Waals surface area contributed by atoms with E-state index in [0.717, 1.165) is 0 Å². The summed E-state index contributed by atoms with van der Waals surface area (Å²) in [5, 5.41) is 8.74. The number of carbonyl (C=O) groups is 3. The number of halogens is 1. The molecule has 0 spiro atoms. The molecule has 0 atom stereocenters. The van der Waals surface area contributed by atoms with Crippen molar-refractivity contribution in [3.63, 3.8) is 0 Å². The van der Waals surface area contributed by atoms with Crippen LogP contribution in [0, 0.1) is 5.41 Å². The highest BCUT2D eigenvalue weighted by Gasteiger charge is 2.47. The van der Waals surface area contributed by atoms with Gasteiger partial charge in [-0.05, 0) is 26.7 Å². The van der Waals surface area contributed by atoms with Crippen molar-refractivity contribution in [3.8, 4) is 0 Å². The molecule has 1 N–H and O–H groups in total. The van der Waals surface area contributed by atoms with Gasteiger partial charge in [-0.25, -0.2) is 0 Å². The first-order valence-corrected chi connectivity index (χ1v) is 6.11. The highest BCUT2D eigenvalue weighted by atomic mass is 35.5. The smallest absolute Gasteiger partial charge is 0.323 e. The van der Waals surface area contributed by atoms with Crippen molar-refractivity contribution in [1.82, 2.24) is 0 Å². The fourth-order valence-electron chi connectivity index (χ4n) is 1.66. The van der Waals surface area contributed by atoms with Crippen LogP contribution in [0.3, 0.4) is 0 Å². The molecule has 0 radical (unpaired) electrons. The molecule has 0 aromatic carbocycles. The maximum Gasteiger partial charge on any atom is 0.323 e. The molecule has 0 saturated heterocycles. The summed E-state index contributed by atoms with van der Waals surface area (Å²) >= 11 is 0. The SMILES string of the molecule is C=CCC(CCC(=O)O)(C(=O)OCC)C(=O)OCC.Cl. The Hall–Kier alpha value is -1.56. The maximum atomic E-state index is 12.0. The van der Waals surface area contributed by atoms with Crippen LogP contribution in [-0.2, 0) is 23.9 Å². The van der Waals surface area contributed by atoms with Crippen LogP contribution in [0.5, 0.6) is 0 Å². The van der Waals surface area contributed by atoms with Gasteiger partial charge in [0.1, 0.15) is 0 Å². The van der Waals surface area contributed by atoms with Crippen molar-refractivity contribution in [2.24, 2.45) is 5.41 Å². The van der Waals surface area contributed by atoms with Gasteiger partial charge in [-0.3, -0.25) is 14.4 Å². The Morgan fingerprint density at radius 1 is 1.15 bits per heavy atom. The number of hydrogen-bond acceptors (Lipinski definition) is 5. The lowest BCUT2D eigenvalue weighted by atomic mass is 9.80. The second-order valence-corrected chi connectivity index (χ2v) is 3.91. The molecule has 0 aromatic heterocycles. The summed E-state index contributed by atoms with van der Waals surface area (Å²) in [6.45, 7) is 6.92. The Morgan fingerprint density at radius 3 is 1.90 bits per heavy atom. The average molecular weight is 309 g/mol. The number of hydrogen-bond donors (Lipinski definition) is 1. The maximum absolute atomic E-state index is 12.0. The number of esters is 2. The van der Waals surface area contributed by atoms with Gasteiger partial charge in [0.05, 0.1) is 13.2 Å². The molecule has 6 nitrogen and oxygen atoms in total. The molecule has 0 saturated carbocycles. The highest BCUT2D eigenvalue weighted by molar-refractivity contribution is 6.00. The topological polar surface area (TPSA) is 89.9 Å². The number of aliphatic carboxylic acids is 1. The van der Waals surface area contributed by atoms with Gasteiger partial charge in [0.2, 0.25) is 0 Å². The van der Waals surface area contributed by atoms with Crippen molar-refractivity contribution >= 4 is 30.3 Å². The van der Waals surface area contributed by atoms with Crippen molar-refractivity contribution in [2.75, 3.05) is 13.2 Å². The van der Waals surface area contributed by atoms with Crippen LogP contribution in [0.15, 0.2) is 12.7 Å². The van der Waals surface area contributed by atoms with E-state index < -0.39 is 23.3 Å². The van der Waals surface area contributed by atoms with E-state index >= 15 is 0 Å². The summed E-state index contributed by atoms with van der Waals surface area (Å²) in [6.07, 6.45) is 0.866. The second kappa shape index (κ2) is 10.3. The Balaban J connectivity index is 0. The van der Waals surface area contributed by atoms with Crippen LogP contribution in [0.1, 0.15) is 33.1 Å².